The maximum Gasteiger partial charge on any atom is 0.319 e. The summed E-state index contributed by atoms with van der Waals surface area (Å²) in [7, 11) is -9.89. The Morgan fingerprint density at radius 1 is 0.913 bits per heavy atom. The molecule has 0 bridgehead atoms. The van der Waals surface area contributed by atoms with Crippen LogP contribution in [0.15, 0.2) is 107 Å². The second-order valence-electron chi connectivity index (χ2n) is 20.3. The van der Waals surface area contributed by atoms with Gasteiger partial charge >= 0.3 is 8.25 Å². The Morgan fingerprint density at radius 2 is 1.54 bits per heavy atom. The molecule has 5 atom stereocenters. The van der Waals surface area contributed by atoms with Gasteiger partial charge in [-0.15, -0.1) is 0 Å². The molecule has 8 rings (SSSR count). The molecular weight excluding hydrogens is 934 g/mol. The molecule has 69 heavy (non-hydrogen) atoms. The number of aliphatic hydroxyl groups is 1. The van der Waals surface area contributed by atoms with Gasteiger partial charge in [0.05, 0.1) is 18.8 Å². The van der Waals surface area contributed by atoms with Gasteiger partial charge in [-0.05, 0) is 64.9 Å². The number of anilines is 1. The minimum Gasteiger partial charge on any atom is -0.484 e. The number of carbonyl (C=O) groups excluding carboxylic acids is 1. The largest absolute Gasteiger partial charge is 0.484 e. The Morgan fingerprint density at radius 3 is 2.14 bits per heavy atom. The second-order valence-corrected chi connectivity index (χ2v) is 30.1. The van der Waals surface area contributed by atoms with Crippen molar-refractivity contribution in [1.82, 2.24) is 24.4 Å². The van der Waals surface area contributed by atoms with Crippen LogP contribution in [0, 0.1) is 0 Å². The summed E-state index contributed by atoms with van der Waals surface area (Å²) in [6.45, 7) is 19.5. The highest BCUT2D eigenvalue weighted by Gasteiger charge is 2.63. The number of amides is 1. The lowest BCUT2D eigenvalue weighted by Gasteiger charge is -2.45. The van der Waals surface area contributed by atoms with Crippen molar-refractivity contribution < 1.29 is 42.2 Å². The normalized spacial score (nSPS) is 21.6. The van der Waals surface area contributed by atoms with Gasteiger partial charge in [-0.25, -0.2) is 4.98 Å². The van der Waals surface area contributed by atoms with Crippen molar-refractivity contribution in [2.75, 3.05) is 38.2 Å². The molecule has 2 fully saturated rings. The van der Waals surface area contributed by atoms with E-state index in [1.807, 2.05) is 76.3 Å². The number of ether oxygens (including phenoxy) is 2. The molecule has 2 aromatic heterocycles. The van der Waals surface area contributed by atoms with Crippen LogP contribution >= 0.6 is 8.25 Å². The number of H-pyrrole nitrogens is 1. The third-order valence-electron chi connectivity index (χ3n) is 13.4. The summed E-state index contributed by atoms with van der Waals surface area (Å²) >= 11 is 0. The molecule has 5 heterocycles. The number of hydrogen-bond acceptors (Lipinski definition) is 13. The number of amidine groups is 1. The third-order valence-corrected chi connectivity index (χ3v) is 23.4. The Bertz CT molecular complexity index is 2590. The number of hydrogen-bond donors (Lipinski definition) is 4. The van der Waals surface area contributed by atoms with Crippen molar-refractivity contribution in [3.8, 4) is 5.75 Å². The van der Waals surface area contributed by atoms with E-state index in [1.165, 1.54) is 61.9 Å². The van der Waals surface area contributed by atoms with E-state index in [9.17, 15) is 24.2 Å². The van der Waals surface area contributed by atoms with Crippen LogP contribution in [0.25, 0.3) is 11.2 Å². The molecule has 3 aliphatic heterocycles. The monoisotopic (exact) mass is 1000 g/mol. The molecule has 5 aromatic rings. The van der Waals surface area contributed by atoms with Crippen LogP contribution in [0.5, 0.6) is 5.75 Å². The highest BCUT2D eigenvalue weighted by molar-refractivity contribution is 7.32. The molecule has 2 saturated heterocycles. The fraction of sp³-hybridized carbons (Fsp3) is 0.490. The zero-order valence-electron chi connectivity index (χ0n) is 40.9. The molecule has 17 nitrogen and oxygen atoms in total. The SMILES string of the molecule is C1CCC2=NCCCN2CC1.CC(C)(C)[Si](C)(C)O[C@@H]1[C@@H](CO[Si](c2ccccc2)(c2ccccc2)C(C)(C)C)O[C@@H](n2cnc3c(=O)[nH]c(NC(=O)COc4ccccc4)nc32)[C@]1(O)O[PH](=O)O. The van der Waals surface area contributed by atoms with E-state index in [0.717, 1.165) is 16.9 Å². The van der Waals surface area contributed by atoms with E-state index < -0.39 is 65.6 Å². The molecule has 0 radical (unpaired) electrons. The maximum absolute atomic E-state index is 13.3. The summed E-state index contributed by atoms with van der Waals surface area (Å²) < 4.78 is 45.9. The van der Waals surface area contributed by atoms with E-state index in [0.29, 0.717) is 5.75 Å². The highest BCUT2D eigenvalue weighted by Crippen LogP contribution is 2.50. The number of carbonyl (C=O) groups is 1. The van der Waals surface area contributed by atoms with Crippen molar-refractivity contribution in [2.24, 2.45) is 4.99 Å². The lowest BCUT2D eigenvalue weighted by molar-refractivity contribution is -0.226. The van der Waals surface area contributed by atoms with Crippen molar-refractivity contribution >= 4 is 64.1 Å². The van der Waals surface area contributed by atoms with Crippen LogP contribution in [0.3, 0.4) is 0 Å². The van der Waals surface area contributed by atoms with Gasteiger partial charge in [0.2, 0.25) is 11.7 Å². The predicted molar refractivity (Wildman–Crippen MR) is 272 cm³/mol. The number of imidazole rings is 1. The fourth-order valence-corrected chi connectivity index (χ4v) is 15.3. The lowest BCUT2D eigenvalue weighted by atomic mass is 10.1. The molecule has 3 aromatic carbocycles. The summed E-state index contributed by atoms with van der Waals surface area (Å²) in [5.41, 5.74) is -0.982. The molecule has 0 aliphatic carbocycles. The van der Waals surface area contributed by atoms with Gasteiger partial charge in [0.1, 0.15) is 18.0 Å². The number of fused-ring (bicyclic) bond motifs is 2. The number of aromatic amines is 1. The smallest absolute Gasteiger partial charge is 0.319 e. The maximum atomic E-state index is 13.3. The van der Waals surface area contributed by atoms with Crippen LogP contribution < -0.4 is 26.0 Å². The number of rotatable bonds is 14. The first-order valence-corrected chi connectivity index (χ1v) is 29.8. The summed E-state index contributed by atoms with van der Waals surface area (Å²) in [5, 5.41) is 16.4. The van der Waals surface area contributed by atoms with E-state index in [2.05, 4.69) is 75.2 Å². The van der Waals surface area contributed by atoms with Crippen LogP contribution in [-0.2, 0) is 27.5 Å². The number of nitrogens with one attached hydrogen (secondary N) is 2. The molecule has 20 heteroatoms. The van der Waals surface area contributed by atoms with Crippen molar-refractivity contribution in [3.63, 3.8) is 0 Å². The fourth-order valence-electron chi connectivity index (χ4n) is 8.93. The first kappa shape index (κ1) is 52.0. The van der Waals surface area contributed by atoms with Gasteiger partial charge in [0.15, 0.2) is 32.3 Å². The molecule has 4 N–H and O–H groups in total. The van der Waals surface area contributed by atoms with E-state index >= 15 is 0 Å². The summed E-state index contributed by atoms with van der Waals surface area (Å²) in [6.07, 6.45) is 3.72. The standard InChI is InChI=1S/C40H52N5O10PSi2.C9H16N2/c1-38(2,3)57(7,8)54-33-30(24-52-58(39(4,5)6,28-20-14-10-15-21-28)29-22-16-11-17-23-29)53-36(40(33,48)55-56(49)50)45-26-41-32-34(45)43-37(44-35(32)47)42-31(46)25-51-27-18-12-9-13-19-27;1-2-5-9-10-6-4-8-11(9)7-3-1/h9-23,26,30,33,36,48,56H,24-25H2,1-8H3,(H,49,50)(H2,42,43,44,46,47);1-8H2/t30-,33-,36-,40-;/m1./s1. The van der Waals surface area contributed by atoms with E-state index in [-0.39, 0.29) is 35.4 Å². The van der Waals surface area contributed by atoms with Crippen LogP contribution in [0.2, 0.25) is 23.2 Å². The average molecular weight is 1000 g/mol. The first-order valence-electron chi connectivity index (χ1n) is 23.7. The van der Waals surface area contributed by atoms with Gasteiger partial charge in [0.25, 0.3) is 19.8 Å². The zero-order valence-corrected chi connectivity index (χ0v) is 43.9. The van der Waals surface area contributed by atoms with Crippen molar-refractivity contribution in [2.45, 2.75) is 121 Å². The van der Waals surface area contributed by atoms with E-state index in [4.69, 9.17) is 22.8 Å². The summed E-state index contributed by atoms with van der Waals surface area (Å²) in [4.78, 5) is 54.8. The molecule has 1 unspecified atom stereocenters. The van der Waals surface area contributed by atoms with Crippen LogP contribution in [0.1, 0.15) is 79.9 Å². The predicted octanol–water partition coefficient (Wildman–Crippen LogP) is 6.75. The molecular formula is C49H68N7O10PSi2. The molecule has 3 aliphatic rings. The Balaban J connectivity index is 0.000000556. The quantitative estimate of drug-likeness (QED) is 0.0516. The number of para-hydroxylation sites is 1. The van der Waals surface area contributed by atoms with Gasteiger partial charge in [-0.2, -0.15) is 4.98 Å². The van der Waals surface area contributed by atoms with Crippen LogP contribution in [0.4, 0.5) is 5.95 Å². The number of nitrogens with zero attached hydrogens (tertiary/aromatic N) is 5. The Hall–Kier alpha value is -4.83. The third kappa shape index (κ3) is 11.7. The Labute approximate surface area is 406 Å². The van der Waals surface area contributed by atoms with Crippen LogP contribution in [-0.4, -0.2) is 114 Å². The van der Waals surface area contributed by atoms with Crippen molar-refractivity contribution in [3.05, 3.63) is 108 Å². The topological polar surface area (TPSA) is 212 Å². The van der Waals surface area contributed by atoms with E-state index in [1.54, 1.807) is 24.3 Å². The van der Waals surface area contributed by atoms with Gasteiger partial charge in [0, 0.05) is 26.1 Å². The minimum absolute atomic E-state index is 0.118. The first-order chi connectivity index (χ1) is 32.7. The summed E-state index contributed by atoms with van der Waals surface area (Å²) in [6, 6.07) is 28.7. The molecule has 0 spiro atoms. The minimum atomic E-state index is -3.88. The molecule has 372 valence electrons. The number of aliphatic imine (C=N–C) groups is 1. The number of benzene rings is 3. The summed E-state index contributed by atoms with van der Waals surface area (Å²) in [5.74, 6) is -1.62. The van der Waals surface area contributed by atoms with Gasteiger partial charge in [-0.1, -0.05) is 127 Å². The molecule has 1 amide bonds. The van der Waals surface area contributed by atoms with Gasteiger partial charge < -0.3 is 33.2 Å². The zero-order chi connectivity index (χ0) is 49.6. The average Bonchev–Trinajstić information content (AvgIpc) is 3.72. The highest BCUT2D eigenvalue weighted by atomic mass is 31.1. The lowest BCUT2D eigenvalue weighted by Crippen LogP contribution is -2.67. The van der Waals surface area contributed by atoms with Gasteiger partial charge in [-0.3, -0.25) is 38.5 Å². The molecule has 0 saturated carbocycles. The second kappa shape index (κ2) is 21.7. The Kier molecular flexibility index (Phi) is 16.3. The number of aromatic nitrogens is 4. The van der Waals surface area contributed by atoms with Crippen molar-refractivity contribution in [1.29, 1.82) is 0 Å².